The summed E-state index contributed by atoms with van der Waals surface area (Å²) >= 11 is 0. The smallest absolute Gasteiger partial charge is 0.251 e. The molecule has 2 aromatic rings. The molecule has 1 fully saturated rings. The number of hydrogen-bond acceptors (Lipinski definition) is 3. The largest absolute Gasteiger partial charge is 0.374 e. The Morgan fingerprint density at radius 3 is 2.50 bits per heavy atom. The Morgan fingerprint density at radius 1 is 1.12 bits per heavy atom. The molecule has 0 radical (unpaired) electrons. The number of ether oxygens (including phenoxy) is 1. The summed E-state index contributed by atoms with van der Waals surface area (Å²) in [5.74, 6) is 0.598. The maximum Gasteiger partial charge on any atom is 0.251 e. The van der Waals surface area contributed by atoms with Crippen molar-refractivity contribution in [3.05, 3.63) is 60.2 Å². The van der Waals surface area contributed by atoms with Crippen molar-refractivity contribution < 1.29 is 9.53 Å². The Kier molecular flexibility index (Phi) is 6.42. The van der Waals surface area contributed by atoms with Crippen LogP contribution < -0.4 is 5.32 Å². The lowest BCUT2D eigenvalue weighted by Gasteiger charge is -2.33. The minimum absolute atomic E-state index is 0.0470. The van der Waals surface area contributed by atoms with Gasteiger partial charge in [-0.25, -0.2) is 0 Å². The Labute approximate surface area is 156 Å². The molecule has 1 atom stereocenters. The van der Waals surface area contributed by atoms with Gasteiger partial charge in [-0.05, 0) is 29.2 Å². The highest BCUT2D eigenvalue weighted by atomic mass is 16.5. The number of carbonyl (C=O) groups is 1. The van der Waals surface area contributed by atoms with Crippen LogP contribution in [0.3, 0.4) is 0 Å². The van der Waals surface area contributed by atoms with E-state index < -0.39 is 0 Å². The quantitative estimate of drug-likeness (QED) is 0.866. The fourth-order valence-corrected chi connectivity index (χ4v) is 3.34. The number of rotatable bonds is 6. The van der Waals surface area contributed by atoms with E-state index in [1.807, 2.05) is 42.5 Å². The summed E-state index contributed by atoms with van der Waals surface area (Å²) in [5.41, 5.74) is 2.95. The van der Waals surface area contributed by atoms with Crippen LogP contribution in [0, 0.1) is 5.92 Å². The third kappa shape index (κ3) is 5.16. The molecule has 3 rings (SSSR count). The predicted octanol–water partition coefficient (Wildman–Crippen LogP) is 3.44. The van der Waals surface area contributed by atoms with Crippen LogP contribution >= 0.6 is 0 Å². The molecule has 0 bridgehead atoms. The molecule has 4 nitrogen and oxygen atoms in total. The predicted molar refractivity (Wildman–Crippen MR) is 105 cm³/mol. The average Bonchev–Trinajstić information content (AvgIpc) is 2.67. The van der Waals surface area contributed by atoms with E-state index in [2.05, 4.69) is 36.2 Å². The number of nitrogens with zero attached hydrogens (tertiary/aromatic N) is 1. The van der Waals surface area contributed by atoms with Gasteiger partial charge in [-0.3, -0.25) is 9.69 Å². The first-order valence-electron chi connectivity index (χ1n) is 9.39. The maximum atomic E-state index is 12.4. The number of benzene rings is 2. The minimum Gasteiger partial charge on any atom is -0.374 e. The van der Waals surface area contributed by atoms with Crippen LogP contribution in [-0.2, 0) is 4.74 Å². The van der Waals surface area contributed by atoms with Gasteiger partial charge >= 0.3 is 0 Å². The van der Waals surface area contributed by atoms with Crippen LogP contribution in [0.15, 0.2) is 54.6 Å². The van der Waals surface area contributed by atoms with Gasteiger partial charge in [0.25, 0.3) is 5.91 Å². The third-order valence-corrected chi connectivity index (χ3v) is 4.59. The Bertz CT molecular complexity index is 698. The molecule has 0 spiro atoms. The number of amides is 1. The highest BCUT2D eigenvalue weighted by molar-refractivity contribution is 5.94. The Balaban J connectivity index is 1.52. The van der Waals surface area contributed by atoms with Gasteiger partial charge in [0.1, 0.15) is 0 Å². The summed E-state index contributed by atoms with van der Waals surface area (Å²) in [5, 5.41) is 3.01. The van der Waals surface area contributed by atoms with Crippen molar-refractivity contribution in [3.63, 3.8) is 0 Å². The van der Waals surface area contributed by atoms with Crippen molar-refractivity contribution in [2.24, 2.45) is 5.92 Å². The summed E-state index contributed by atoms with van der Waals surface area (Å²) in [6.07, 6.45) is 0.0649. The van der Waals surface area contributed by atoms with Gasteiger partial charge in [0, 0.05) is 31.7 Å². The molecule has 1 heterocycles. The van der Waals surface area contributed by atoms with Crippen molar-refractivity contribution in [2.75, 3.05) is 32.8 Å². The van der Waals surface area contributed by atoms with Crippen molar-refractivity contribution in [3.8, 4) is 11.1 Å². The third-order valence-electron chi connectivity index (χ3n) is 4.59. The van der Waals surface area contributed by atoms with E-state index in [0.29, 0.717) is 18.0 Å². The van der Waals surface area contributed by atoms with Crippen LogP contribution in [0.5, 0.6) is 0 Å². The fourth-order valence-electron chi connectivity index (χ4n) is 3.34. The SMILES string of the molecule is CC(C)CN1CCOC(CNC(=O)c2ccc(-c3ccccc3)cc2)C1. The summed E-state index contributed by atoms with van der Waals surface area (Å²) in [6.45, 7) is 8.67. The summed E-state index contributed by atoms with van der Waals surface area (Å²) in [7, 11) is 0. The second-order valence-electron chi connectivity index (χ2n) is 7.30. The first-order chi connectivity index (χ1) is 12.6. The molecule has 2 aromatic carbocycles. The lowest BCUT2D eigenvalue weighted by atomic mass is 10.0. The van der Waals surface area contributed by atoms with Crippen molar-refractivity contribution >= 4 is 5.91 Å². The van der Waals surface area contributed by atoms with Gasteiger partial charge in [0.2, 0.25) is 0 Å². The van der Waals surface area contributed by atoms with E-state index in [-0.39, 0.29) is 12.0 Å². The van der Waals surface area contributed by atoms with E-state index in [0.717, 1.165) is 37.4 Å². The van der Waals surface area contributed by atoms with Gasteiger partial charge in [0.05, 0.1) is 12.7 Å². The molecule has 0 aliphatic carbocycles. The second kappa shape index (κ2) is 8.97. The lowest BCUT2D eigenvalue weighted by molar-refractivity contribution is -0.0295. The first-order valence-corrected chi connectivity index (χ1v) is 9.39. The molecule has 0 saturated carbocycles. The topological polar surface area (TPSA) is 41.6 Å². The first kappa shape index (κ1) is 18.6. The molecule has 1 aliphatic heterocycles. The number of nitrogens with one attached hydrogen (secondary N) is 1. The zero-order valence-electron chi connectivity index (χ0n) is 15.7. The molecule has 4 heteroatoms. The molecule has 1 saturated heterocycles. The van der Waals surface area contributed by atoms with E-state index in [9.17, 15) is 4.79 Å². The lowest BCUT2D eigenvalue weighted by Crippen LogP contribution is -2.48. The van der Waals surface area contributed by atoms with Crippen molar-refractivity contribution in [1.82, 2.24) is 10.2 Å². The summed E-state index contributed by atoms with van der Waals surface area (Å²) < 4.78 is 5.80. The average molecular weight is 352 g/mol. The Hall–Kier alpha value is -2.17. The van der Waals surface area contributed by atoms with Gasteiger partial charge in [-0.2, -0.15) is 0 Å². The zero-order valence-corrected chi connectivity index (χ0v) is 15.7. The van der Waals surface area contributed by atoms with Crippen molar-refractivity contribution in [1.29, 1.82) is 0 Å². The molecule has 1 N–H and O–H groups in total. The Morgan fingerprint density at radius 2 is 1.81 bits per heavy atom. The summed E-state index contributed by atoms with van der Waals surface area (Å²) in [4.78, 5) is 14.8. The number of carbonyl (C=O) groups excluding carboxylic acids is 1. The molecular weight excluding hydrogens is 324 g/mol. The van der Waals surface area contributed by atoms with E-state index in [4.69, 9.17) is 4.74 Å². The van der Waals surface area contributed by atoms with Gasteiger partial charge in [0.15, 0.2) is 0 Å². The monoisotopic (exact) mass is 352 g/mol. The van der Waals surface area contributed by atoms with Crippen LogP contribution in [0.4, 0.5) is 0 Å². The maximum absolute atomic E-state index is 12.4. The van der Waals surface area contributed by atoms with Gasteiger partial charge < -0.3 is 10.1 Å². The van der Waals surface area contributed by atoms with Crippen LogP contribution in [0.1, 0.15) is 24.2 Å². The molecule has 1 amide bonds. The molecule has 26 heavy (non-hydrogen) atoms. The number of hydrogen-bond donors (Lipinski definition) is 1. The minimum atomic E-state index is -0.0470. The standard InChI is InChI=1S/C22H28N2O2/c1-17(2)15-24-12-13-26-21(16-24)14-23-22(25)20-10-8-19(9-11-20)18-6-4-3-5-7-18/h3-11,17,21H,12-16H2,1-2H3,(H,23,25). The van der Waals surface area contributed by atoms with Crippen LogP contribution in [0.2, 0.25) is 0 Å². The molecule has 1 aliphatic rings. The molecular formula is C22H28N2O2. The normalized spacial score (nSPS) is 18.0. The second-order valence-corrected chi connectivity index (χ2v) is 7.30. The van der Waals surface area contributed by atoms with Crippen molar-refractivity contribution in [2.45, 2.75) is 20.0 Å². The summed E-state index contributed by atoms with van der Waals surface area (Å²) in [6, 6.07) is 17.9. The highest BCUT2D eigenvalue weighted by Crippen LogP contribution is 2.19. The molecule has 1 unspecified atom stereocenters. The number of morpholine rings is 1. The van der Waals surface area contributed by atoms with Gasteiger partial charge in [-0.15, -0.1) is 0 Å². The van der Waals surface area contributed by atoms with Crippen LogP contribution in [-0.4, -0.2) is 49.7 Å². The highest BCUT2D eigenvalue weighted by Gasteiger charge is 2.21. The van der Waals surface area contributed by atoms with Gasteiger partial charge in [-0.1, -0.05) is 56.3 Å². The molecule has 0 aromatic heterocycles. The van der Waals surface area contributed by atoms with E-state index >= 15 is 0 Å². The zero-order chi connectivity index (χ0) is 18.4. The fraction of sp³-hybridized carbons (Fsp3) is 0.409. The van der Waals surface area contributed by atoms with E-state index in [1.165, 1.54) is 0 Å². The molecule has 138 valence electrons. The van der Waals surface area contributed by atoms with Crippen LogP contribution in [0.25, 0.3) is 11.1 Å². The van der Waals surface area contributed by atoms with E-state index in [1.54, 1.807) is 0 Å².